The van der Waals surface area contributed by atoms with Crippen molar-refractivity contribution in [2.24, 2.45) is 0 Å². The van der Waals surface area contributed by atoms with Crippen molar-refractivity contribution in [3.63, 3.8) is 0 Å². The van der Waals surface area contributed by atoms with Gasteiger partial charge in [-0.05, 0) is 19.3 Å². The number of aliphatic carboxylic acids is 1. The number of aromatic nitrogens is 2. The molecule has 0 aromatic carbocycles. The Labute approximate surface area is 81.3 Å². The number of ether oxygens (including phenoxy) is 1. The van der Waals surface area contributed by atoms with E-state index in [0.717, 1.165) is 12.8 Å². The first-order chi connectivity index (χ1) is 6.74. The molecule has 0 unspecified atom stereocenters. The van der Waals surface area contributed by atoms with Crippen LogP contribution in [0.15, 0.2) is 12.4 Å². The fraction of sp³-hybridized carbons (Fsp3) is 0.556. The third-order valence-corrected chi connectivity index (χ3v) is 2.26. The molecule has 5 heteroatoms. The molecule has 0 amide bonds. The molecule has 14 heavy (non-hydrogen) atoms. The summed E-state index contributed by atoms with van der Waals surface area (Å²) in [6.45, 7) is -0.117. The molecule has 1 aliphatic rings. The van der Waals surface area contributed by atoms with Crippen molar-refractivity contribution in [3.05, 3.63) is 12.4 Å². The molecular weight excluding hydrogens is 184 g/mol. The van der Waals surface area contributed by atoms with E-state index in [-0.39, 0.29) is 6.54 Å². The Bertz CT molecular complexity index is 331. The lowest BCUT2D eigenvalue weighted by atomic mass is 9.96. The monoisotopic (exact) mass is 196 g/mol. The zero-order valence-electron chi connectivity index (χ0n) is 7.72. The van der Waals surface area contributed by atoms with Crippen LogP contribution in [0.5, 0.6) is 5.75 Å². The Morgan fingerprint density at radius 1 is 1.71 bits per heavy atom. The van der Waals surface area contributed by atoms with Crippen molar-refractivity contribution >= 4 is 5.97 Å². The molecule has 1 fully saturated rings. The van der Waals surface area contributed by atoms with Crippen LogP contribution >= 0.6 is 0 Å². The molecule has 0 bridgehead atoms. The van der Waals surface area contributed by atoms with Gasteiger partial charge in [-0.25, -0.2) is 0 Å². The lowest BCUT2D eigenvalue weighted by molar-refractivity contribution is -0.137. The summed E-state index contributed by atoms with van der Waals surface area (Å²) in [5.74, 6) is -0.237. The summed E-state index contributed by atoms with van der Waals surface area (Å²) in [4.78, 5) is 10.4. The second-order valence-corrected chi connectivity index (χ2v) is 3.44. The maximum absolute atomic E-state index is 10.4. The molecule has 76 valence electrons. The van der Waals surface area contributed by atoms with Crippen LogP contribution in [-0.4, -0.2) is 27.0 Å². The average molecular weight is 196 g/mol. The first-order valence-electron chi connectivity index (χ1n) is 4.65. The second kappa shape index (κ2) is 3.69. The van der Waals surface area contributed by atoms with E-state index >= 15 is 0 Å². The van der Waals surface area contributed by atoms with Crippen LogP contribution in [0, 0.1) is 0 Å². The van der Waals surface area contributed by atoms with E-state index in [1.165, 1.54) is 11.1 Å². The van der Waals surface area contributed by atoms with E-state index in [4.69, 9.17) is 9.84 Å². The van der Waals surface area contributed by atoms with Gasteiger partial charge in [0.2, 0.25) is 0 Å². The Balaban J connectivity index is 1.91. The zero-order chi connectivity index (χ0) is 9.97. The number of rotatable bonds is 4. The SMILES string of the molecule is O=C(O)Cn1cc(OC2CCC2)cn1. The molecule has 1 saturated carbocycles. The summed E-state index contributed by atoms with van der Waals surface area (Å²) in [7, 11) is 0. The van der Waals surface area contributed by atoms with Gasteiger partial charge in [0.25, 0.3) is 0 Å². The van der Waals surface area contributed by atoms with E-state index in [9.17, 15) is 4.79 Å². The molecule has 1 aromatic heterocycles. The normalized spacial score (nSPS) is 16.3. The molecule has 0 radical (unpaired) electrons. The molecule has 5 nitrogen and oxygen atoms in total. The number of carboxylic acid groups (broad SMARTS) is 1. The third kappa shape index (κ3) is 2.04. The van der Waals surface area contributed by atoms with Crippen molar-refractivity contribution in [1.82, 2.24) is 9.78 Å². The van der Waals surface area contributed by atoms with E-state index < -0.39 is 5.97 Å². The maximum atomic E-state index is 10.4. The minimum atomic E-state index is -0.900. The minimum absolute atomic E-state index is 0.117. The molecule has 0 aliphatic heterocycles. The van der Waals surface area contributed by atoms with Crippen LogP contribution in [0.4, 0.5) is 0 Å². The molecule has 1 N–H and O–H groups in total. The van der Waals surface area contributed by atoms with Gasteiger partial charge in [0.05, 0.1) is 18.5 Å². The van der Waals surface area contributed by atoms with Crippen LogP contribution < -0.4 is 4.74 Å². The number of carboxylic acids is 1. The van der Waals surface area contributed by atoms with Gasteiger partial charge in [-0.3, -0.25) is 9.48 Å². The van der Waals surface area contributed by atoms with Crippen LogP contribution in [0.25, 0.3) is 0 Å². The minimum Gasteiger partial charge on any atom is -0.487 e. The molecule has 1 aromatic rings. The fourth-order valence-corrected chi connectivity index (χ4v) is 1.31. The van der Waals surface area contributed by atoms with Crippen molar-refractivity contribution < 1.29 is 14.6 Å². The van der Waals surface area contributed by atoms with Crippen molar-refractivity contribution in [1.29, 1.82) is 0 Å². The van der Waals surface area contributed by atoms with Crippen LogP contribution in [0.2, 0.25) is 0 Å². The number of hydrogen-bond acceptors (Lipinski definition) is 3. The largest absolute Gasteiger partial charge is 0.487 e. The maximum Gasteiger partial charge on any atom is 0.325 e. The van der Waals surface area contributed by atoms with E-state index in [2.05, 4.69) is 5.10 Å². The van der Waals surface area contributed by atoms with Crippen LogP contribution in [0.3, 0.4) is 0 Å². The van der Waals surface area contributed by atoms with E-state index in [1.807, 2.05) is 0 Å². The highest BCUT2D eigenvalue weighted by Gasteiger charge is 2.19. The molecule has 1 heterocycles. The predicted octanol–water partition coefficient (Wildman–Crippen LogP) is 0.899. The first kappa shape index (κ1) is 9.05. The Morgan fingerprint density at radius 3 is 3.07 bits per heavy atom. The second-order valence-electron chi connectivity index (χ2n) is 3.44. The lowest BCUT2D eigenvalue weighted by Gasteiger charge is -2.25. The zero-order valence-corrected chi connectivity index (χ0v) is 7.72. The summed E-state index contributed by atoms with van der Waals surface area (Å²) < 4.78 is 6.89. The van der Waals surface area contributed by atoms with Gasteiger partial charge in [0.1, 0.15) is 6.54 Å². The van der Waals surface area contributed by atoms with Crippen molar-refractivity contribution in [2.75, 3.05) is 0 Å². The fourth-order valence-electron chi connectivity index (χ4n) is 1.31. The highest BCUT2D eigenvalue weighted by atomic mass is 16.5. The van der Waals surface area contributed by atoms with Gasteiger partial charge in [-0.2, -0.15) is 5.10 Å². The Morgan fingerprint density at radius 2 is 2.50 bits per heavy atom. The highest BCUT2D eigenvalue weighted by molar-refractivity contribution is 5.66. The average Bonchev–Trinajstić information content (AvgIpc) is 2.44. The van der Waals surface area contributed by atoms with Gasteiger partial charge < -0.3 is 9.84 Å². The molecule has 2 rings (SSSR count). The van der Waals surface area contributed by atoms with Crippen LogP contribution in [0.1, 0.15) is 19.3 Å². The van der Waals surface area contributed by atoms with Gasteiger partial charge in [-0.1, -0.05) is 0 Å². The van der Waals surface area contributed by atoms with E-state index in [1.54, 1.807) is 12.4 Å². The van der Waals surface area contributed by atoms with Crippen molar-refractivity contribution in [3.8, 4) is 5.75 Å². The molecule has 0 saturated heterocycles. The van der Waals surface area contributed by atoms with Gasteiger partial charge >= 0.3 is 5.97 Å². The molecule has 1 aliphatic carbocycles. The number of nitrogens with zero attached hydrogens (tertiary/aromatic N) is 2. The summed E-state index contributed by atoms with van der Waals surface area (Å²) in [5, 5.41) is 12.4. The molecule has 0 atom stereocenters. The van der Waals surface area contributed by atoms with Gasteiger partial charge in [-0.15, -0.1) is 0 Å². The van der Waals surface area contributed by atoms with Gasteiger partial charge in [0.15, 0.2) is 5.75 Å². The Hall–Kier alpha value is -1.52. The smallest absolute Gasteiger partial charge is 0.325 e. The molecule has 0 spiro atoms. The number of hydrogen-bond donors (Lipinski definition) is 1. The lowest BCUT2D eigenvalue weighted by Crippen LogP contribution is -2.24. The van der Waals surface area contributed by atoms with Crippen molar-refractivity contribution in [2.45, 2.75) is 31.9 Å². The van der Waals surface area contributed by atoms with E-state index in [0.29, 0.717) is 11.9 Å². The topological polar surface area (TPSA) is 64.3 Å². The quantitative estimate of drug-likeness (QED) is 0.777. The summed E-state index contributed by atoms with van der Waals surface area (Å²) in [6.07, 6.45) is 6.87. The summed E-state index contributed by atoms with van der Waals surface area (Å²) >= 11 is 0. The third-order valence-electron chi connectivity index (χ3n) is 2.26. The standard InChI is InChI=1S/C9H12N2O3/c12-9(13)6-11-5-8(4-10-11)14-7-2-1-3-7/h4-5,7H,1-3,6H2,(H,12,13). The Kier molecular flexibility index (Phi) is 2.39. The summed E-state index contributed by atoms with van der Waals surface area (Å²) in [6, 6.07) is 0. The number of carbonyl (C=O) groups is 1. The highest BCUT2D eigenvalue weighted by Crippen LogP contribution is 2.24. The first-order valence-corrected chi connectivity index (χ1v) is 4.65. The van der Waals surface area contributed by atoms with Crippen LogP contribution in [-0.2, 0) is 11.3 Å². The van der Waals surface area contributed by atoms with Gasteiger partial charge in [0, 0.05) is 0 Å². The predicted molar refractivity (Wildman–Crippen MR) is 48.1 cm³/mol. The molecular formula is C9H12N2O3. The summed E-state index contributed by atoms with van der Waals surface area (Å²) in [5.41, 5.74) is 0.